The molecule has 1 aromatic carbocycles. The van der Waals surface area contributed by atoms with E-state index >= 15 is 0 Å². The first-order chi connectivity index (χ1) is 12.6. The fraction of sp³-hybridized carbons (Fsp3) is 0.409. The minimum Gasteiger partial charge on any atom is -0.467 e. The van der Waals surface area contributed by atoms with Gasteiger partial charge in [0.15, 0.2) is 0 Å². The van der Waals surface area contributed by atoms with Crippen LogP contribution in [0, 0.1) is 5.92 Å². The molecule has 0 spiro atoms. The number of rotatable bonds is 8. The maximum Gasteiger partial charge on any atom is 0.220 e. The molecule has 4 nitrogen and oxygen atoms in total. The zero-order valence-electron chi connectivity index (χ0n) is 15.8. The fourth-order valence-electron chi connectivity index (χ4n) is 3.66. The minimum atomic E-state index is 0.0630. The van der Waals surface area contributed by atoms with Crippen LogP contribution in [0.1, 0.15) is 56.4 Å². The Labute approximate surface area is 155 Å². The van der Waals surface area contributed by atoms with E-state index in [0.717, 1.165) is 18.6 Å². The number of carbonyl (C=O) groups is 1. The van der Waals surface area contributed by atoms with Gasteiger partial charge in [-0.2, -0.15) is 0 Å². The van der Waals surface area contributed by atoms with Crippen molar-refractivity contribution in [2.75, 3.05) is 0 Å². The Bertz CT molecular complexity index is 846. The second-order valence-electron chi connectivity index (χ2n) is 7.32. The summed E-state index contributed by atoms with van der Waals surface area (Å²) in [7, 11) is 0. The van der Waals surface area contributed by atoms with E-state index in [0.29, 0.717) is 18.9 Å². The Morgan fingerprint density at radius 1 is 1.23 bits per heavy atom. The molecule has 0 unspecified atom stereocenters. The molecular weight excluding hydrogens is 324 g/mol. The molecule has 3 rings (SSSR count). The topological polar surface area (TPSA) is 58.0 Å². The standard InChI is InChI=1S/C22H28N2O2/c1-4-16-7-5-9-19-20(14-24-22(16)19)17(11-15(2)3)12-21(25)23-13-18-8-6-10-26-18/h5-10,14-15,17,24H,4,11-13H2,1-3H3,(H,23,25)/t17-/m1/s1. The third-order valence-corrected chi connectivity index (χ3v) is 4.88. The Morgan fingerprint density at radius 2 is 2.08 bits per heavy atom. The van der Waals surface area contributed by atoms with Gasteiger partial charge in [-0.15, -0.1) is 0 Å². The van der Waals surface area contributed by atoms with E-state index < -0.39 is 0 Å². The van der Waals surface area contributed by atoms with Crippen molar-refractivity contribution >= 4 is 16.8 Å². The summed E-state index contributed by atoms with van der Waals surface area (Å²) in [5, 5.41) is 4.22. The molecule has 0 saturated carbocycles. The number of aromatic nitrogens is 1. The van der Waals surface area contributed by atoms with Crippen molar-refractivity contribution in [2.24, 2.45) is 5.92 Å². The number of aromatic amines is 1. The van der Waals surface area contributed by atoms with Gasteiger partial charge in [-0.25, -0.2) is 0 Å². The summed E-state index contributed by atoms with van der Waals surface area (Å²) < 4.78 is 5.29. The first-order valence-electron chi connectivity index (χ1n) is 9.46. The summed E-state index contributed by atoms with van der Waals surface area (Å²) in [5.74, 6) is 1.57. The Morgan fingerprint density at radius 3 is 2.77 bits per heavy atom. The van der Waals surface area contributed by atoms with Gasteiger partial charge in [0.2, 0.25) is 5.91 Å². The Hall–Kier alpha value is -2.49. The number of carbonyl (C=O) groups excluding carboxylic acids is 1. The van der Waals surface area contributed by atoms with E-state index in [9.17, 15) is 4.79 Å². The van der Waals surface area contributed by atoms with Crippen LogP contribution in [0.15, 0.2) is 47.2 Å². The van der Waals surface area contributed by atoms with E-state index in [1.54, 1.807) is 6.26 Å². The van der Waals surface area contributed by atoms with Gasteiger partial charge in [-0.1, -0.05) is 39.0 Å². The third kappa shape index (κ3) is 4.18. The molecule has 0 bridgehead atoms. The van der Waals surface area contributed by atoms with Crippen molar-refractivity contribution in [2.45, 2.75) is 52.5 Å². The second kappa shape index (κ2) is 8.26. The van der Waals surface area contributed by atoms with E-state index in [2.05, 4.69) is 55.5 Å². The number of hydrogen-bond donors (Lipinski definition) is 2. The number of H-pyrrole nitrogens is 1. The van der Waals surface area contributed by atoms with Crippen molar-refractivity contribution in [3.63, 3.8) is 0 Å². The van der Waals surface area contributed by atoms with Crippen molar-refractivity contribution < 1.29 is 9.21 Å². The molecule has 0 aliphatic rings. The van der Waals surface area contributed by atoms with Gasteiger partial charge in [0.1, 0.15) is 5.76 Å². The molecule has 0 aliphatic carbocycles. The van der Waals surface area contributed by atoms with E-state index in [4.69, 9.17) is 4.42 Å². The van der Waals surface area contributed by atoms with Gasteiger partial charge < -0.3 is 14.7 Å². The molecule has 0 fully saturated rings. The van der Waals surface area contributed by atoms with Crippen LogP contribution in [0.5, 0.6) is 0 Å². The molecule has 26 heavy (non-hydrogen) atoms. The quantitative estimate of drug-likeness (QED) is 0.588. The summed E-state index contributed by atoms with van der Waals surface area (Å²) in [4.78, 5) is 16.0. The Kier molecular flexibility index (Phi) is 5.82. The zero-order valence-corrected chi connectivity index (χ0v) is 15.8. The van der Waals surface area contributed by atoms with Crippen LogP contribution in [0.4, 0.5) is 0 Å². The molecule has 1 amide bonds. The van der Waals surface area contributed by atoms with Gasteiger partial charge in [0.25, 0.3) is 0 Å². The lowest BCUT2D eigenvalue weighted by Gasteiger charge is -2.18. The predicted molar refractivity (Wildman–Crippen MR) is 105 cm³/mol. The molecule has 0 saturated heterocycles. The molecule has 4 heteroatoms. The molecule has 2 heterocycles. The van der Waals surface area contributed by atoms with Crippen LogP contribution in [-0.2, 0) is 17.8 Å². The molecule has 2 aromatic heterocycles. The molecule has 0 radical (unpaired) electrons. The fourth-order valence-corrected chi connectivity index (χ4v) is 3.66. The highest BCUT2D eigenvalue weighted by Crippen LogP contribution is 2.34. The maximum atomic E-state index is 12.5. The number of benzene rings is 1. The molecule has 0 aliphatic heterocycles. The molecule has 3 aromatic rings. The molecule has 2 N–H and O–H groups in total. The van der Waals surface area contributed by atoms with Crippen molar-refractivity contribution in [1.82, 2.24) is 10.3 Å². The lowest BCUT2D eigenvalue weighted by atomic mass is 9.87. The number of nitrogens with one attached hydrogen (secondary N) is 2. The van der Waals surface area contributed by atoms with E-state index in [1.165, 1.54) is 22.0 Å². The molecule has 1 atom stereocenters. The third-order valence-electron chi connectivity index (χ3n) is 4.88. The van der Waals surface area contributed by atoms with Crippen molar-refractivity contribution in [1.29, 1.82) is 0 Å². The lowest BCUT2D eigenvalue weighted by Crippen LogP contribution is -2.24. The summed E-state index contributed by atoms with van der Waals surface area (Å²) in [6.45, 7) is 7.03. The summed E-state index contributed by atoms with van der Waals surface area (Å²) >= 11 is 0. The van der Waals surface area contributed by atoms with Crippen molar-refractivity contribution in [3.05, 3.63) is 59.7 Å². The first kappa shape index (κ1) is 18.3. The number of hydrogen-bond acceptors (Lipinski definition) is 2. The summed E-state index contributed by atoms with van der Waals surface area (Å²) in [6, 6.07) is 10.1. The zero-order chi connectivity index (χ0) is 18.5. The van der Waals surface area contributed by atoms with Crippen LogP contribution in [-0.4, -0.2) is 10.9 Å². The Balaban J connectivity index is 1.78. The smallest absolute Gasteiger partial charge is 0.220 e. The maximum absolute atomic E-state index is 12.5. The van der Waals surface area contributed by atoms with Crippen LogP contribution in [0.25, 0.3) is 10.9 Å². The van der Waals surface area contributed by atoms with Crippen LogP contribution < -0.4 is 5.32 Å². The SMILES string of the molecule is CCc1cccc2c([C@@H](CC(=O)NCc3ccco3)CC(C)C)c[nH]c12. The highest BCUT2D eigenvalue weighted by Gasteiger charge is 2.21. The average Bonchev–Trinajstić information content (AvgIpc) is 3.28. The van der Waals surface area contributed by atoms with Gasteiger partial charge in [0.05, 0.1) is 12.8 Å². The molecular formula is C22H28N2O2. The minimum absolute atomic E-state index is 0.0630. The van der Waals surface area contributed by atoms with Gasteiger partial charge in [-0.05, 0) is 47.9 Å². The lowest BCUT2D eigenvalue weighted by molar-refractivity contribution is -0.121. The monoisotopic (exact) mass is 352 g/mol. The number of para-hydroxylation sites is 1. The highest BCUT2D eigenvalue weighted by atomic mass is 16.3. The van der Waals surface area contributed by atoms with E-state index in [1.807, 2.05) is 12.1 Å². The van der Waals surface area contributed by atoms with Crippen LogP contribution >= 0.6 is 0 Å². The van der Waals surface area contributed by atoms with Crippen LogP contribution in [0.3, 0.4) is 0 Å². The molecule has 138 valence electrons. The average molecular weight is 352 g/mol. The van der Waals surface area contributed by atoms with Crippen LogP contribution in [0.2, 0.25) is 0 Å². The summed E-state index contributed by atoms with van der Waals surface area (Å²) in [5.41, 5.74) is 3.77. The number of furan rings is 1. The number of aryl methyl sites for hydroxylation is 1. The van der Waals surface area contributed by atoms with Gasteiger partial charge in [-0.3, -0.25) is 4.79 Å². The largest absolute Gasteiger partial charge is 0.467 e. The number of amides is 1. The second-order valence-corrected chi connectivity index (χ2v) is 7.32. The van der Waals surface area contributed by atoms with Gasteiger partial charge in [0, 0.05) is 23.5 Å². The normalized spacial score (nSPS) is 12.6. The van der Waals surface area contributed by atoms with Crippen molar-refractivity contribution in [3.8, 4) is 0 Å². The van der Waals surface area contributed by atoms with E-state index in [-0.39, 0.29) is 11.8 Å². The number of fused-ring (bicyclic) bond motifs is 1. The predicted octanol–water partition coefficient (Wildman–Crippen LogP) is 5.16. The highest BCUT2D eigenvalue weighted by molar-refractivity contribution is 5.87. The van der Waals surface area contributed by atoms with Gasteiger partial charge >= 0.3 is 0 Å². The summed E-state index contributed by atoms with van der Waals surface area (Å²) in [6.07, 6.45) is 6.19. The first-order valence-corrected chi connectivity index (χ1v) is 9.46.